The smallest absolute Gasteiger partial charge is 0.323 e. The number of methoxy groups -OCH3 is 1. The van der Waals surface area contributed by atoms with Crippen LogP contribution in [0.5, 0.6) is 0 Å². The van der Waals surface area contributed by atoms with Gasteiger partial charge in [-0.1, -0.05) is 12.2 Å². The standard InChI is InChI=1S/C13H20N2O4/c1-3-6-15(9-12(16)17)13(18)14-7-4-11(5-8-14)10-19-2/h3-4H,1,5-10H2,2H3,(H,16,17). The van der Waals surface area contributed by atoms with Gasteiger partial charge < -0.3 is 19.6 Å². The van der Waals surface area contributed by atoms with Crippen molar-refractivity contribution < 1.29 is 19.4 Å². The van der Waals surface area contributed by atoms with E-state index in [2.05, 4.69) is 6.58 Å². The molecule has 0 saturated heterocycles. The molecule has 0 spiro atoms. The largest absolute Gasteiger partial charge is 0.480 e. The number of hydrogen-bond acceptors (Lipinski definition) is 3. The molecule has 0 aliphatic carbocycles. The van der Waals surface area contributed by atoms with E-state index in [1.54, 1.807) is 12.0 Å². The van der Waals surface area contributed by atoms with E-state index < -0.39 is 5.97 Å². The molecule has 1 N–H and O–H groups in total. The van der Waals surface area contributed by atoms with Crippen LogP contribution in [0, 0.1) is 0 Å². The lowest BCUT2D eigenvalue weighted by molar-refractivity contribution is -0.137. The predicted molar refractivity (Wildman–Crippen MR) is 71.0 cm³/mol. The molecule has 0 bridgehead atoms. The maximum Gasteiger partial charge on any atom is 0.323 e. The van der Waals surface area contributed by atoms with Crippen molar-refractivity contribution in [3.05, 3.63) is 24.3 Å². The van der Waals surface area contributed by atoms with Crippen molar-refractivity contribution >= 4 is 12.0 Å². The summed E-state index contributed by atoms with van der Waals surface area (Å²) in [7, 11) is 1.64. The third-order valence-corrected chi connectivity index (χ3v) is 2.85. The quantitative estimate of drug-likeness (QED) is 0.728. The highest BCUT2D eigenvalue weighted by molar-refractivity contribution is 5.80. The second kappa shape index (κ2) is 7.58. The SMILES string of the molecule is C=CCN(CC(=O)O)C(=O)N1CC=C(COC)CC1. The van der Waals surface area contributed by atoms with Crippen molar-refractivity contribution in [1.29, 1.82) is 0 Å². The van der Waals surface area contributed by atoms with Crippen molar-refractivity contribution in [2.75, 3.05) is 39.9 Å². The highest BCUT2D eigenvalue weighted by atomic mass is 16.5. The van der Waals surface area contributed by atoms with Gasteiger partial charge in [-0.15, -0.1) is 6.58 Å². The molecule has 0 radical (unpaired) electrons. The van der Waals surface area contributed by atoms with E-state index in [1.165, 1.54) is 16.5 Å². The van der Waals surface area contributed by atoms with E-state index in [1.807, 2.05) is 6.08 Å². The lowest BCUT2D eigenvalue weighted by Gasteiger charge is -2.31. The fourth-order valence-corrected chi connectivity index (χ4v) is 1.93. The Morgan fingerprint density at radius 1 is 1.63 bits per heavy atom. The Balaban J connectivity index is 2.61. The first-order valence-corrected chi connectivity index (χ1v) is 6.11. The van der Waals surface area contributed by atoms with Crippen LogP contribution in [0.3, 0.4) is 0 Å². The van der Waals surface area contributed by atoms with Gasteiger partial charge in [0.1, 0.15) is 6.54 Å². The first-order valence-electron chi connectivity index (χ1n) is 6.11. The number of carbonyl (C=O) groups excluding carboxylic acids is 1. The molecular formula is C13H20N2O4. The molecule has 6 nitrogen and oxygen atoms in total. The minimum Gasteiger partial charge on any atom is -0.480 e. The maximum absolute atomic E-state index is 12.2. The number of aliphatic carboxylic acids is 1. The number of nitrogens with zero attached hydrogens (tertiary/aromatic N) is 2. The van der Waals surface area contributed by atoms with Crippen LogP contribution in [0.25, 0.3) is 0 Å². The van der Waals surface area contributed by atoms with Gasteiger partial charge in [0.2, 0.25) is 0 Å². The van der Waals surface area contributed by atoms with E-state index in [4.69, 9.17) is 9.84 Å². The molecule has 0 saturated carbocycles. The number of carboxylic acids is 1. The summed E-state index contributed by atoms with van der Waals surface area (Å²) in [6.07, 6.45) is 4.24. The zero-order valence-electron chi connectivity index (χ0n) is 11.2. The Morgan fingerprint density at radius 2 is 2.37 bits per heavy atom. The molecule has 19 heavy (non-hydrogen) atoms. The summed E-state index contributed by atoms with van der Waals surface area (Å²) in [5.74, 6) is -1.03. The molecule has 1 aliphatic heterocycles. The van der Waals surface area contributed by atoms with Crippen LogP contribution in [0.4, 0.5) is 4.79 Å². The summed E-state index contributed by atoms with van der Waals surface area (Å²) in [5, 5.41) is 8.79. The number of rotatable bonds is 6. The lowest BCUT2D eigenvalue weighted by Crippen LogP contribution is -2.47. The monoisotopic (exact) mass is 268 g/mol. The number of ether oxygens (including phenoxy) is 1. The second-order valence-corrected chi connectivity index (χ2v) is 4.34. The molecule has 1 heterocycles. The Morgan fingerprint density at radius 3 is 2.84 bits per heavy atom. The Hall–Kier alpha value is -1.82. The molecule has 1 rings (SSSR count). The summed E-state index contributed by atoms with van der Waals surface area (Å²) in [6.45, 7) is 5.11. The van der Waals surface area contributed by atoms with Gasteiger partial charge in [-0.25, -0.2) is 4.79 Å². The Labute approximate surface area is 112 Å². The zero-order valence-corrected chi connectivity index (χ0v) is 11.2. The van der Waals surface area contributed by atoms with Gasteiger partial charge in [0.05, 0.1) is 6.61 Å². The minimum atomic E-state index is -1.03. The van der Waals surface area contributed by atoms with Gasteiger partial charge in [0.15, 0.2) is 0 Å². The topological polar surface area (TPSA) is 70.1 Å². The molecule has 0 atom stereocenters. The highest BCUT2D eigenvalue weighted by Gasteiger charge is 2.23. The minimum absolute atomic E-state index is 0.232. The summed E-state index contributed by atoms with van der Waals surface area (Å²) in [5.41, 5.74) is 1.17. The molecule has 1 aliphatic rings. The van der Waals surface area contributed by atoms with Gasteiger partial charge in [0, 0.05) is 26.7 Å². The number of hydrogen-bond donors (Lipinski definition) is 1. The van der Waals surface area contributed by atoms with E-state index in [-0.39, 0.29) is 19.1 Å². The van der Waals surface area contributed by atoms with Crippen LogP contribution >= 0.6 is 0 Å². The van der Waals surface area contributed by atoms with Gasteiger partial charge in [0.25, 0.3) is 0 Å². The maximum atomic E-state index is 12.2. The van der Waals surface area contributed by atoms with E-state index in [0.717, 1.165) is 6.42 Å². The molecule has 0 fully saturated rings. The average Bonchev–Trinajstić information content (AvgIpc) is 2.38. The molecule has 2 amide bonds. The van der Waals surface area contributed by atoms with Crippen molar-refractivity contribution in [1.82, 2.24) is 9.80 Å². The van der Waals surface area contributed by atoms with Crippen LogP contribution in [-0.2, 0) is 9.53 Å². The number of amides is 2. The van der Waals surface area contributed by atoms with E-state index in [9.17, 15) is 9.59 Å². The number of carboxylic acid groups (broad SMARTS) is 1. The summed E-state index contributed by atoms with van der Waals surface area (Å²) >= 11 is 0. The predicted octanol–water partition coefficient (Wildman–Crippen LogP) is 0.958. The van der Waals surface area contributed by atoms with E-state index in [0.29, 0.717) is 19.7 Å². The summed E-state index contributed by atoms with van der Waals surface area (Å²) < 4.78 is 5.04. The van der Waals surface area contributed by atoms with Gasteiger partial charge in [-0.05, 0) is 12.0 Å². The second-order valence-electron chi connectivity index (χ2n) is 4.34. The van der Waals surface area contributed by atoms with Crippen LogP contribution < -0.4 is 0 Å². The van der Waals surface area contributed by atoms with Gasteiger partial charge in [-0.3, -0.25) is 4.79 Å². The van der Waals surface area contributed by atoms with Crippen LogP contribution in [0.2, 0.25) is 0 Å². The fraction of sp³-hybridized carbons (Fsp3) is 0.538. The zero-order chi connectivity index (χ0) is 14.3. The first-order chi connectivity index (χ1) is 9.08. The van der Waals surface area contributed by atoms with E-state index >= 15 is 0 Å². The lowest BCUT2D eigenvalue weighted by atomic mass is 10.1. The molecule has 0 aromatic rings. The van der Waals surface area contributed by atoms with Gasteiger partial charge >= 0.3 is 12.0 Å². The molecular weight excluding hydrogens is 248 g/mol. The average molecular weight is 268 g/mol. The van der Waals surface area contributed by atoms with Crippen LogP contribution in [0.1, 0.15) is 6.42 Å². The molecule has 6 heteroatoms. The Kier molecular flexibility index (Phi) is 6.08. The molecule has 0 aromatic heterocycles. The van der Waals surface area contributed by atoms with Crippen LogP contribution in [-0.4, -0.2) is 66.8 Å². The molecule has 0 aromatic carbocycles. The summed E-state index contributed by atoms with van der Waals surface area (Å²) in [4.78, 5) is 25.8. The van der Waals surface area contributed by atoms with Crippen molar-refractivity contribution in [2.45, 2.75) is 6.42 Å². The van der Waals surface area contributed by atoms with Gasteiger partial charge in [-0.2, -0.15) is 0 Å². The van der Waals surface area contributed by atoms with Crippen molar-refractivity contribution in [3.8, 4) is 0 Å². The first kappa shape index (κ1) is 15.2. The fourth-order valence-electron chi connectivity index (χ4n) is 1.93. The molecule has 106 valence electrons. The van der Waals surface area contributed by atoms with Crippen molar-refractivity contribution in [3.63, 3.8) is 0 Å². The number of urea groups is 1. The third-order valence-electron chi connectivity index (χ3n) is 2.85. The highest BCUT2D eigenvalue weighted by Crippen LogP contribution is 2.12. The third kappa shape index (κ3) is 4.75. The normalized spacial score (nSPS) is 14.8. The number of carbonyl (C=O) groups is 2. The molecule has 0 unspecified atom stereocenters. The summed E-state index contributed by atoms with van der Waals surface area (Å²) in [6, 6.07) is -0.269. The van der Waals surface area contributed by atoms with Crippen molar-refractivity contribution in [2.24, 2.45) is 0 Å². The Bertz CT molecular complexity index is 379. The van der Waals surface area contributed by atoms with Crippen LogP contribution in [0.15, 0.2) is 24.3 Å².